The highest BCUT2D eigenvalue weighted by Gasteiger charge is 2.21. The van der Waals surface area contributed by atoms with Gasteiger partial charge in [0.15, 0.2) is 18.1 Å². The Morgan fingerprint density at radius 1 is 1.16 bits per heavy atom. The van der Waals surface area contributed by atoms with Crippen LogP contribution in [0.25, 0.3) is 6.08 Å². The van der Waals surface area contributed by atoms with E-state index in [1.807, 2.05) is 13.0 Å². The van der Waals surface area contributed by atoms with Gasteiger partial charge in [-0.15, -0.1) is 0 Å². The zero-order chi connectivity index (χ0) is 22.9. The van der Waals surface area contributed by atoms with Gasteiger partial charge in [0, 0.05) is 30.4 Å². The van der Waals surface area contributed by atoms with Crippen molar-refractivity contribution in [2.45, 2.75) is 19.8 Å². The normalized spacial score (nSPS) is 13.3. The Labute approximate surface area is 186 Å². The van der Waals surface area contributed by atoms with Crippen LogP contribution in [0.3, 0.4) is 0 Å². The summed E-state index contributed by atoms with van der Waals surface area (Å²) in [6, 6.07) is 12.3. The van der Waals surface area contributed by atoms with Crippen LogP contribution in [0.1, 0.15) is 25.3 Å². The number of anilines is 2. The lowest BCUT2D eigenvalue weighted by Crippen LogP contribution is -2.24. The minimum atomic E-state index is -0.649. The fraction of sp³-hybridized carbons (Fsp3) is 0.292. The Hall–Kier alpha value is -3.81. The van der Waals surface area contributed by atoms with Crippen molar-refractivity contribution in [1.82, 2.24) is 0 Å². The van der Waals surface area contributed by atoms with Crippen molar-refractivity contribution >= 4 is 35.2 Å². The van der Waals surface area contributed by atoms with E-state index in [-0.39, 0.29) is 5.91 Å². The highest BCUT2D eigenvalue weighted by molar-refractivity contribution is 5.98. The van der Waals surface area contributed by atoms with Crippen LogP contribution in [-0.2, 0) is 19.1 Å². The summed E-state index contributed by atoms with van der Waals surface area (Å²) in [7, 11) is 1.54. The lowest BCUT2D eigenvalue weighted by atomic mass is 10.2. The molecule has 0 atom stereocenters. The van der Waals surface area contributed by atoms with Crippen LogP contribution >= 0.6 is 0 Å². The first-order valence-electron chi connectivity index (χ1n) is 10.4. The van der Waals surface area contributed by atoms with E-state index >= 15 is 0 Å². The largest absolute Gasteiger partial charge is 0.493 e. The molecule has 8 heteroatoms. The molecule has 1 aliphatic rings. The third-order valence-electron chi connectivity index (χ3n) is 4.76. The molecule has 0 aromatic heterocycles. The maximum atomic E-state index is 12.1. The van der Waals surface area contributed by atoms with Crippen molar-refractivity contribution in [1.29, 1.82) is 0 Å². The monoisotopic (exact) mass is 438 g/mol. The predicted molar refractivity (Wildman–Crippen MR) is 121 cm³/mol. The SMILES string of the molecule is CCOc1ccc(/C=C/C(=O)OCC(=O)Nc2cccc(N3CCCC3=O)c2)cc1OC. The van der Waals surface area contributed by atoms with Gasteiger partial charge in [-0.25, -0.2) is 4.79 Å². The fourth-order valence-corrected chi connectivity index (χ4v) is 3.28. The molecule has 1 saturated heterocycles. The van der Waals surface area contributed by atoms with Gasteiger partial charge in [0.1, 0.15) is 0 Å². The zero-order valence-electron chi connectivity index (χ0n) is 18.1. The summed E-state index contributed by atoms with van der Waals surface area (Å²) in [6.45, 7) is 2.63. The van der Waals surface area contributed by atoms with E-state index in [0.29, 0.717) is 36.8 Å². The molecule has 2 aromatic rings. The number of methoxy groups -OCH3 is 1. The maximum Gasteiger partial charge on any atom is 0.331 e. The molecule has 3 rings (SSSR count). The van der Waals surface area contributed by atoms with Gasteiger partial charge in [-0.05, 0) is 55.3 Å². The number of carbonyl (C=O) groups is 3. The van der Waals surface area contributed by atoms with Gasteiger partial charge in [-0.1, -0.05) is 12.1 Å². The van der Waals surface area contributed by atoms with E-state index in [9.17, 15) is 14.4 Å². The molecule has 0 saturated carbocycles. The average Bonchev–Trinajstić information content (AvgIpc) is 3.23. The number of nitrogens with zero attached hydrogens (tertiary/aromatic N) is 1. The van der Waals surface area contributed by atoms with E-state index in [2.05, 4.69) is 5.32 Å². The van der Waals surface area contributed by atoms with Crippen LogP contribution in [0.4, 0.5) is 11.4 Å². The van der Waals surface area contributed by atoms with Crippen LogP contribution in [0.15, 0.2) is 48.5 Å². The highest BCUT2D eigenvalue weighted by Crippen LogP contribution is 2.28. The van der Waals surface area contributed by atoms with Gasteiger partial charge in [0.25, 0.3) is 5.91 Å². The molecule has 1 N–H and O–H groups in total. The molecule has 32 heavy (non-hydrogen) atoms. The van der Waals surface area contributed by atoms with E-state index in [0.717, 1.165) is 17.7 Å². The second-order valence-corrected chi connectivity index (χ2v) is 7.03. The first-order chi connectivity index (χ1) is 15.5. The van der Waals surface area contributed by atoms with Crippen LogP contribution < -0.4 is 19.7 Å². The average molecular weight is 438 g/mol. The van der Waals surface area contributed by atoms with Crippen LogP contribution in [0, 0.1) is 0 Å². The van der Waals surface area contributed by atoms with Gasteiger partial charge < -0.3 is 24.4 Å². The number of benzene rings is 2. The van der Waals surface area contributed by atoms with Crippen LogP contribution in [-0.4, -0.2) is 44.7 Å². The number of rotatable bonds is 9. The van der Waals surface area contributed by atoms with E-state index in [1.165, 1.54) is 13.2 Å². The van der Waals surface area contributed by atoms with Gasteiger partial charge in [0.05, 0.1) is 13.7 Å². The van der Waals surface area contributed by atoms with Crippen molar-refractivity contribution in [2.75, 3.05) is 37.1 Å². The Balaban J connectivity index is 1.51. The summed E-state index contributed by atoms with van der Waals surface area (Å²) in [6.07, 6.45) is 4.16. The summed E-state index contributed by atoms with van der Waals surface area (Å²) in [4.78, 5) is 37.7. The third-order valence-corrected chi connectivity index (χ3v) is 4.76. The number of esters is 1. The second kappa shape index (κ2) is 11.0. The minimum Gasteiger partial charge on any atom is -0.493 e. The topological polar surface area (TPSA) is 94.2 Å². The first-order valence-corrected chi connectivity index (χ1v) is 10.4. The van der Waals surface area contributed by atoms with Crippen LogP contribution in [0.5, 0.6) is 11.5 Å². The number of ether oxygens (including phenoxy) is 3. The molecule has 0 radical (unpaired) electrons. The van der Waals surface area contributed by atoms with E-state index in [4.69, 9.17) is 14.2 Å². The van der Waals surface area contributed by atoms with Crippen molar-refractivity contribution in [2.24, 2.45) is 0 Å². The molecule has 168 valence electrons. The van der Waals surface area contributed by atoms with Crippen molar-refractivity contribution in [3.63, 3.8) is 0 Å². The quantitative estimate of drug-likeness (QED) is 0.476. The first kappa shape index (κ1) is 22.9. The summed E-state index contributed by atoms with van der Waals surface area (Å²) >= 11 is 0. The molecule has 8 nitrogen and oxygen atoms in total. The van der Waals surface area contributed by atoms with E-state index < -0.39 is 18.5 Å². The van der Waals surface area contributed by atoms with Crippen molar-refractivity contribution in [3.8, 4) is 11.5 Å². The summed E-state index contributed by atoms with van der Waals surface area (Å²) in [5, 5.41) is 2.67. The minimum absolute atomic E-state index is 0.0688. The van der Waals surface area contributed by atoms with Crippen molar-refractivity contribution in [3.05, 3.63) is 54.1 Å². The Kier molecular flexibility index (Phi) is 7.85. The number of amides is 2. The number of nitrogens with one attached hydrogen (secondary N) is 1. The second-order valence-electron chi connectivity index (χ2n) is 7.03. The molecule has 2 amide bonds. The number of hydrogen-bond donors (Lipinski definition) is 1. The zero-order valence-corrected chi connectivity index (χ0v) is 18.1. The Bertz CT molecular complexity index is 1020. The number of hydrogen-bond acceptors (Lipinski definition) is 6. The Morgan fingerprint density at radius 3 is 2.72 bits per heavy atom. The maximum absolute atomic E-state index is 12.1. The smallest absolute Gasteiger partial charge is 0.331 e. The molecule has 0 aliphatic carbocycles. The molecule has 2 aromatic carbocycles. The molecule has 1 fully saturated rings. The molecule has 1 aliphatic heterocycles. The predicted octanol–water partition coefficient (Wildman–Crippen LogP) is 3.42. The van der Waals surface area contributed by atoms with Gasteiger partial charge in [-0.2, -0.15) is 0 Å². The highest BCUT2D eigenvalue weighted by atomic mass is 16.5. The van der Waals surface area contributed by atoms with Gasteiger partial charge >= 0.3 is 5.97 Å². The molecular formula is C24H26N2O6. The molecule has 0 spiro atoms. The summed E-state index contributed by atoms with van der Waals surface area (Å²) in [5.74, 6) is 0.118. The lowest BCUT2D eigenvalue weighted by molar-refractivity contribution is -0.142. The standard InChI is InChI=1S/C24H26N2O6/c1-3-31-20-11-9-17(14-21(20)30-2)10-12-24(29)32-16-22(27)25-18-6-4-7-19(15-18)26-13-5-8-23(26)28/h4,6-7,9-12,14-15H,3,5,8,13,16H2,1-2H3,(H,25,27)/b12-10+. The Morgan fingerprint density at radius 2 is 2.00 bits per heavy atom. The number of carbonyl (C=O) groups excluding carboxylic acids is 3. The molecule has 1 heterocycles. The fourth-order valence-electron chi connectivity index (χ4n) is 3.28. The van der Waals surface area contributed by atoms with Gasteiger partial charge in [0.2, 0.25) is 5.91 Å². The van der Waals surface area contributed by atoms with Crippen molar-refractivity contribution < 1.29 is 28.6 Å². The third kappa shape index (κ3) is 6.10. The molecular weight excluding hydrogens is 412 g/mol. The molecule has 0 bridgehead atoms. The molecule has 0 unspecified atom stereocenters. The van der Waals surface area contributed by atoms with Gasteiger partial charge in [-0.3, -0.25) is 9.59 Å². The summed E-state index contributed by atoms with van der Waals surface area (Å²) in [5.41, 5.74) is 1.98. The van der Waals surface area contributed by atoms with E-state index in [1.54, 1.807) is 47.4 Å². The van der Waals surface area contributed by atoms with Crippen LogP contribution in [0.2, 0.25) is 0 Å². The lowest BCUT2D eigenvalue weighted by Gasteiger charge is -2.16. The summed E-state index contributed by atoms with van der Waals surface area (Å²) < 4.78 is 15.7.